The maximum Gasteiger partial charge on any atom is 0.149 e. The Balaban J connectivity index is 2.61. The molecule has 0 aliphatic heterocycles. The second-order valence-corrected chi connectivity index (χ2v) is 6.05. The van der Waals surface area contributed by atoms with Crippen molar-refractivity contribution >= 4 is 9.84 Å². The molecular formula is C9H16N2O2S. The summed E-state index contributed by atoms with van der Waals surface area (Å²) in [5.41, 5.74) is 0.999. The maximum absolute atomic E-state index is 10.9. The van der Waals surface area contributed by atoms with Gasteiger partial charge in [0, 0.05) is 12.5 Å². The quantitative estimate of drug-likeness (QED) is 0.756. The molecule has 0 saturated heterocycles. The lowest BCUT2D eigenvalue weighted by Crippen LogP contribution is -2.11. The normalized spacial score (nSPS) is 12.3. The van der Waals surface area contributed by atoms with Gasteiger partial charge < -0.3 is 0 Å². The zero-order valence-corrected chi connectivity index (χ0v) is 9.58. The van der Waals surface area contributed by atoms with Gasteiger partial charge in [0.25, 0.3) is 0 Å². The van der Waals surface area contributed by atoms with E-state index in [9.17, 15) is 8.42 Å². The minimum Gasteiger partial charge on any atom is -0.271 e. The summed E-state index contributed by atoms with van der Waals surface area (Å²) < 4.78 is 23.5. The van der Waals surface area contributed by atoms with Gasteiger partial charge in [-0.3, -0.25) is 4.68 Å². The van der Waals surface area contributed by atoms with E-state index in [-0.39, 0.29) is 5.75 Å². The van der Waals surface area contributed by atoms with E-state index >= 15 is 0 Å². The van der Waals surface area contributed by atoms with Gasteiger partial charge in [-0.15, -0.1) is 0 Å². The third kappa shape index (κ3) is 3.49. The first-order chi connectivity index (χ1) is 6.38. The lowest BCUT2D eigenvalue weighted by molar-refractivity contribution is 0.582. The van der Waals surface area contributed by atoms with Gasteiger partial charge in [0.1, 0.15) is 9.84 Å². The van der Waals surface area contributed by atoms with Crippen LogP contribution in [0.5, 0.6) is 0 Å². The van der Waals surface area contributed by atoms with Crippen LogP contribution in [0, 0.1) is 0 Å². The standard InChI is InChI=1S/C9H16N2O2S/c1-8(2)9-4-5-11(10-9)6-7-14(3,12)13/h4-5,8H,6-7H2,1-3H3. The highest BCUT2D eigenvalue weighted by Gasteiger charge is 2.05. The monoisotopic (exact) mass is 216 g/mol. The van der Waals surface area contributed by atoms with Gasteiger partial charge in [-0.05, 0) is 12.0 Å². The van der Waals surface area contributed by atoms with E-state index in [0.29, 0.717) is 12.5 Å². The van der Waals surface area contributed by atoms with Crippen LogP contribution in [0.1, 0.15) is 25.5 Å². The van der Waals surface area contributed by atoms with Crippen molar-refractivity contribution in [3.05, 3.63) is 18.0 Å². The maximum atomic E-state index is 10.9. The molecule has 0 aromatic carbocycles. The van der Waals surface area contributed by atoms with Crippen LogP contribution in [-0.2, 0) is 16.4 Å². The van der Waals surface area contributed by atoms with Crippen molar-refractivity contribution in [2.45, 2.75) is 26.3 Å². The van der Waals surface area contributed by atoms with Crippen LogP contribution in [0.3, 0.4) is 0 Å². The van der Waals surface area contributed by atoms with Crippen LogP contribution in [0.25, 0.3) is 0 Å². The molecule has 1 aromatic rings. The Hall–Kier alpha value is -0.840. The molecule has 0 aliphatic rings. The minimum absolute atomic E-state index is 0.145. The number of aromatic nitrogens is 2. The van der Waals surface area contributed by atoms with E-state index in [1.165, 1.54) is 6.26 Å². The largest absolute Gasteiger partial charge is 0.271 e. The first-order valence-corrected chi connectivity index (χ1v) is 6.65. The fraction of sp³-hybridized carbons (Fsp3) is 0.667. The van der Waals surface area contributed by atoms with Crippen molar-refractivity contribution in [2.24, 2.45) is 0 Å². The summed E-state index contributed by atoms with van der Waals surface area (Å²) in [7, 11) is -2.89. The molecule has 4 nitrogen and oxygen atoms in total. The fourth-order valence-electron chi connectivity index (χ4n) is 1.07. The Labute approximate surface area is 84.9 Å². The number of sulfone groups is 1. The van der Waals surface area contributed by atoms with E-state index in [1.807, 2.05) is 12.3 Å². The Morgan fingerprint density at radius 3 is 2.57 bits per heavy atom. The lowest BCUT2D eigenvalue weighted by Gasteiger charge is -2.00. The summed E-state index contributed by atoms with van der Waals surface area (Å²) in [5, 5.41) is 4.27. The molecular weight excluding hydrogens is 200 g/mol. The highest BCUT2D eigenvalue weighted by molar-refractivity contribution is 7.90. The Morgan fingerprint density at radius 1 is 1.50 bits per heavy atom. The highest BCUT2D eigenvalue weighted by atomic mass is 32.2. The van der Waals surface area contributed by atoms with Gasteiger partial charge in [0.05, 0.1) is 18.0 Å². The Kier molecular flexibility index (Phi) is 3.31. The molecule has 0 N–H and O–H groups in total. The van der Waals surface area contributed by atoms with Crippen LogP contribution in [-0.4, -0.2) is 30.2 Å². The predicted octanol–water partition coefficient (Wildman–Crippen LogP) is 1.05. The van der Waals surface area contributed by atoms with Gasteiger partial charge in [0.15, 0.2) is 0 Å². The number of aryl methyl sites for hydroxylation is 1. The number of hydrogen-bond donors (Lipinski definition) is 0. The summed E-state index contributed by atoms with van der Waals surface area (Å²) in [5.74, 6) is 0.529. The summed E-state index contributed by atoms with van der Waals surface area (Å²) in [4.78, 5) is 0. The molecule has 0 radical (unpaired) electrons. The molecule has 0 aliphatic carbocycles. The third-order valence-corrected chi connectivity index (χ3v) is 2.87. The average molecular weight is 216 g/mol. The van der Waals surface area contributed by atoms with Crippen LogP contribution in [0.4, 0.5) is 0 Å². The van der Waals surface area contributed by atoms with Crippen LogP contribution >= 0.6 is 0 Å². The van der Waals surface area contributed by atoms with Crippen molar-refractivity contribution < 1.29 is 8.42 Å². The molecule has 0 spiro atoms. The highest BCUT2D eigenvalue weighted by Crippen LogP contribution is 2.10. The summed E-state index contributed by atoms with van der Waals surface area (Å²) in [6.45, 7) is 4.55. The summed E-state index contributed by atoms with van der Waals surface area (Å²) >= 11 is 0. The lowest BCUT2D eigenvalue weighted by atomic mass is 10.1. The molecule has 5 heteroatoms. The smallest absolute Gasteiger partial charge is 0.149 e. The second-order valence-electron chi connectivity index (χ2n) is 3.79. The molecule has 0 fully saturated rings. The predicted molar refractivity (Wildman–Crippen MR) is 56.0 cm³/mol. The van der Waals surface area contributed by atoms with Crippen molar-refractivity contribution in [1.82, 2.24) is 9.78 Å². The Morgan fingerprint density at radius 2 is 2.14 bits per heavy atom. The molecule has 1 aromatic heterocycles. The van der Waals surface area contributed by atoms with Crippen LogP contribution < -0.4 is 0 Å². The van der Waals surface area contributed by atoms with E-state index in [0.717, 1.165) is 5.69 Å². The van der Waals surface area contributed by atoms with Crippen molar-refractivity contribution in [1.29, 1.82) is 0 Å². The average Bonchev–Trinajstić information content (AvgIpc) is 2.47. The SMILES string of the molecule is CC(C)c1ccn(CCS(C)(=O)=O)n1. The second kappa shape index (κ2) is 4.13. The first-order valence-electron chi connectivity index (χ1n) is 4.59. The number of nitrogens with zero attached hydrogens (tertiary/aromatic N) is 2. The summed E-state index contributed by atoms with van der Waals surface area (Å²) in [6.07, 6.45) is 3.06. The van der Waals surface area contributed by atoms with Crippen LogP contribution in [0.15, 0.2) is 12.3 Å². The topological polar surface area (TPSA) is 52.0 Å². The van der Waals surface area contributed by atoms with E-state index < -0.39 is 9.84 Å². The zero-order valence-electron chi connectivity index (χ0n) is 8.77. The molecule has 14 heavy (non-hydrogen) atoms. The van der Waals surface area contributed by atoms with Crippen molar-refractivity contribution in [2.75, 3.05) is 12.0 Å². The number of hydrogen-bond acceptors (Lipinski definition) is 3. The van der Waals surface area contributed by atoms with Crippen molar-refractivity contribution in [3.63, 3.8) is 0 Å². The third-order valence-electron chi connectivity index (χ3n) is 1.94. The molecule has 1 heterocycles. The van der Waals surface area contributed by atoms with Gasteiger partial charge in [-0.25, -0.2) is 8.42 Å². The zero-order chi connectivity index (χ0) is 10.8. The molecule has 0 amide bonds. The van der Waals surface area contributed by atoms with E-state index in [4.69, 9.17) is 0 Å². The number of rotatable bonds is 4. The van der Waals surface area contributed by atoms with Gasteiger partial charge in [0.2, 0.25) is 0 Å². The molecule has 0 unspecified atom stereocenters. The first kappa shape index (κ1) is 11.2. The molecule has 0 atom stereocenters. The minimum atomic E-state index is -2.89. The molecule has 1 rings (SSSR count). The van der Waals surface area contributed by atoms with Gasteiger partial charge in [-0.1, -0.05) is 13.8 Å². The molecule has 0 bridgehead atoms. The molecule has 80 valence electrons. The van der Waals surface area contributed by atoms with Crippen molar-refractivity contribution in [3.8, 4) is 0 Å². The van der Waals surface area contributed by atoms with Gasteiger partial charge in [-0.2, -0.15) is 5.10 Å². The van der Waals surface area contributed by atoms with Gasteiger partial charge >= 0.3 is 0 Å². The fourth-order valence-corrected chi connectivity index (χ4v) is 1.59. The molecule has 0 saturated carbocycles. The summed E-state index contributed by atoms with van der Waals surface area (Å²) in [6, 6.07) is 1.92. The van der Waals surface area contributed by atoms with E-state index in [2.05, 4.69) is 18.9 Å². The van der Waals surface area contributed by atoms with Crippen LogP contribution in [0.2, 0.25) is 0 Å². The Bertz CT molecular complexity index is 393. The van der Waals surface area contributed by atoms with E-state index in [1.54, 1.807) is 4.68 Å².